The molecule has 0 aromatic rings. The topological polar surface area (TPSA) is 43.4 Å². The molecule has 0 aliphatic carbocycles. The first-order valence-electron chi connectivity index (χ1n) is 5.75. The molecule has 4 heteroatoms. The number of hydrogen-bond donors (Lipinski definition) is 0. The maximum atomic E-state index is 12.0. The van der Waals surface area contributed by atoms with E-state index in [4.69, 9.17) is 4.74 Å². The number of rotatable bonds is 8. The van der Waals surface area contributed by atoms with Crippen LogP contribution in [0.3, 0.4) is 0 Å². The van der Waals surface area contributed by atoms with Gasteiger partial charge in [-0.25, -0.2) is 0 Å². The molecule has 0 aliphatic heterocycles. The molecule has 0 heterocycles. The van der Waals surface area contributed by atoms with E-state index in [-0.39, 0.29) is 11.9 Å². The fourth-order valence-corrected chi connectivity index (χ4v) is 2.91. The molecule has 0 spiro atoms. The van der Waals surface area contributed by atoms with Crippen LogP contribution < -0.4 is 0 Å². The summed E-state index contributed by atoms with van der Waals surface area (Å²) in [4.78, 5) is 22.5. The van der Waals surface area contributed by atoms with Gasteiger partial charge in [0.2, 0.25) is 0 Å². The lowest BCUT2D eigenvalue weighted by Gasteiger charge is -2.34. The summed E-state index contributed by atoms with van der Waals surface area (Å²) < 4.78 is 4.58. The molecule has 2 atom stereocenters. The van der Waals surface area contributed by atoms with Gasteiger partial charge < -0.3 is 9.53 Å². The standard InChI is InChI=1S/C12H22O3S/c1-5-10(3)12(16-4,8-7-9-13)11(14)15-6-2/h9-10H,5-8H2,1-4H3. The summed E-state index contributed by atoms with van der Waals surface area (Å²) >= 11 is 1.50. The van der Waals surface area contributed by atoms with Crippen LogP contribution in [0.5, 0.6) is 0 Å². The first-order chi connectivity index (χ1) is 7.58. The highest BCUT2D eigenvalue weighted by Crippen LogP contribution is 2.38. The van der Waals surface area contributed by atoms with Crippen LogP contribution in [-0.4, -0.2) is 29.9 Å². The molecule has 0 saturated heterocycles. The van der Waals surface area contributed by atoms with Crippen LogP contribution in [0, 0.1) is 5.92 Å². The van der Waals surface area contributed by atoms with Gasteiger partial charge in [-0.1, -0.05) is 20.3 Å². The second kappa shape index (κ2) is 7.71. The van der Waals surface area contributed by atoms with Crippen molar-refractivity contribution in [3.05, 3.63) is 0 Å². The highest BCUT2D eigenvalue weighted by Gasteiger charge is 2.42. The molecule has 3 nitrogen and oxygen atoms in total. The quantitative estimate of drug-likeness (QED) is 0.488. The van der Waals surface area contributed by atoms with E-state index in [1.165, 1.54) is 11.8 Å². The van der Waals surface area contributed by atoms with Crippen molar-refractivity contribution < 1.29 is 14.3 Å². The lowest BCUT2D eigenvalue weighted by Crippen LogP contribution is -2.42. The van der Waals surface area contributed by atoms with Crippen LogP contribution in [0.25, 0.3) is 0 Å². The van der Waals surface area contributed by atoms with E-state index < -0.39 is 4.75 Å². The molecule has 0 radical (unpaired) electrons. The van der Waals surface area contributed by atoms with Crippen LogP contribution in [0.15, 0.2) is 0 Å². The van der Waals surface area contributed by atoms with Gasteiger partial charge in [-0.2, -0.15) is 0 Å². The van der Waals surface area contributed by atoms with Crippen molar-refractivity contribution in [1.29, 1.82) is 0 Å². The molecule has 0 aromatic carbocycles. The number of hydrogen-bond acceptors (Lipinski definition) is 4. The normalized spacial score (nSPS) is 16.2. The van der Waals surface area contributed by atoms with Crippen LogP contribution in [0.2, 0.25) is 0 Å². The van der Waals surface area contributed by atoms with Crippen molar-refractivity contribution in [2.45, 2.75) is 44.8 Å². The highest BCUT2D eigenvalue weighted by molar-refractivity contribution is 8.00. The summed E-state index contributed by atoms with van der Waals surface area (Å²) in [5, 5.41) is 0. The van der Waals surface area contributed by atoms with E-state index in [1.807, 2.05) is 13.2 Å². The molecule has 0 fully saturated rings. The molecular formula is C12H22O3S. The van der Waals surface area contributed by atoms with Gasteiger partial charge in [0.15, 0.2) is 0 Å². The van der Waals surface area contributed by atoms with Gasteiger partial charge in [-0.3, -0.25) is 4.79 Å². The van der Waals surface area contributed by atoms with Crippen molar-refractivity contribution in [1.82, 2.24) is 0 Å². The Labute approximate surface area is 102 Å². The van der Waals surface area contributed by atoms with E-state index in [0.717, 1.165) is 12.7 Å². The predicted octanol–water partition coefficient (Wildman–Crippen LogP) is 2.68. The third-order valence-corrected chi connectivity index (χ3v) is 4.53. The Hall–Kier alpha value is -0.510. The van der Waals surface area contributed by atoms with Gasteiger partial charge >= 0.3 is 5.97 Å². The smallest absolute Gasteiger partial charge is 0.322 e. The fraction of sp³-hybridized carbons (Fsp3) is 0.833. The summed E-state index contributed by atoms with van der Waals surface area (Å²) in [5.41, 5.74) is 0. The monoisotopic (exact) mass is 246 g/mol. The number of ether oxygens (including phenoxy) is 1. The average Bonchev–Trinajstić information content (AvgIpc) is 2.30. The second-order valence-corrected chi connectivity index (χ2v) is 4.97. The first kappa shape index (κ1) is 15.5. The Kier molecular flexibility index (Phi) is 7.47. The van der Waals surface area contributed by atoms with Gasteiger partial charge in [0.05, 0.1) is 6.61 Å². The van der Waals surface area contributed by atoms with Gasteiger partial charge in [0, 0.05) is 6.42 Å². The van der Waals surface area contributed by atoms with Crippen LogP contribution in [0.4, 0.5) is 0 Å². The summed E-state index contributed by atoms with van der Waals surface area (Å²) in [6, 6.07) is 0. The third kappa shape index (κ3) is 3.51. The van der Waals surface area contributed by atoms with Crippen molar-refractivity contribution in [2.75, 3.05) is 12.9 Å². The van der Waals surface area contributed by atoms with Crippen molar-refractivity contribution in [3.63, 3.8) is 0 Å². The molecule has 16 heavy (non-hydrogen) atoms. The van der Waals surface area contributed by atoms with Gasteiger partial charge in [0.25, 0.3) is 0 Å². The second-order valence-electron chi connectivity index (χ2n) is 3.83. The van der Waals surface area contributed by atoms with E-state index in [2.05, 4.69) is 6.92 Å². The Morgan fingerprint density at radius 3 is 2.50 bits per heavy atom. The average molecular weight is 246 g/mol. The summed E-state index contributed by atoms with van der Waals surface area (Å²) in [5.74, 6) is 0.0280. The van der Waals surface area contributed by atoms with Crippen LogP contribution in [0.1, 0.15) is 40.0 Å². The molecule has 0 amide bonds. The van der Waals surface area contributed by atoms with Crippen LogP contribution in [-0.2, 0) is 14.3 Å². The molecule has 2 unspecified atom stereocenters. The number of carbonyl (C=O) groups excluding carboxylic acids is 2. The first-order valence-corrected chi connectivity index (χ1v) is 6.97. The van der Waals surface area contributed by atoms with Gasteiger partial charge in [-0.15, -0.1) is 11.8 Å². The van der Waals surface area contributed by atoms with Crippen molar-refractivity contribution in [3.8, 4) is 0 Å². The number of esters is 1. The van der Waals surface area contributed by atoms with E-state index >= 15 is 0 Å². The SMILES string of the molecule is CCOC(=O)C(CCC=O)(SC)C(C)CC. The summed E-state index contributed by atoms with van der Waals surface area (Å²) in [6.07, 6.45) is 4.65. The zero-order valence-electron chi connectivity index (χ0n) is 10.6. The number of carbonyl (C=O) groups is 2. The summed E-state index contributed by atoms with van der Waals surface area (Å²) in [7, 11) is 0. The molecule has 0 saturated carbocycles. The van der Waals surface area contributed by atoms with Crippen LogP contribution >= 0.6 is 11.8 Å². The Morgan fingerprint density at radius 1 is 1.50 bits per heavy atom. The minimum atomic E-state index is -0.564. The molecular weight excluding hydrogens is 224 g/mol. The van der Waals surface area contributed by atoms with E-state index in [0.29, 0.717) is 19.4 Å². The molecule has 0 rings (SSSR count). The minimum Gasteiger partial charge on any atom is -0.465 e. The van der Waals surface area contributed by atoms with Crippen molar-refractivity contribution in [2.24, 2.45) is 5.92 Å². The van der Waals surface area contributed by atoms with Crippen molar-refractivity contribution >= 4 is 24.0 Å². The van der Waals surface area contributed by atoms with E-state index in [1.54, 1.807) is 6.92 Å². The molecule has 0 aliphatic rings. The number of thioether (sulfide) groups is 1. The maximum Gasteiger partial charge on any atom is 0.322 e. The predicted molar refractivity (Wildman–Crippen MR) is 67.6 cm³/mol. The Morgan fingerprint density at radius 2 is 2.12 bits per heavy atom. The molecule has 0 N–H and O–H groups in total. The Bertz CT molecular complexity index is 230. The zero-order valence-corrected chi connectivity index (χ0v) is 11.4. The maximum absolute atomic E-state index is 12.0. The Balaban J connectivity index is 4.93. The summed E-state index contributed by atoms with van der Waals surface area (Å²) in [6.45, 7) is 6.28. The van der Waals surface area contributed by atoms with Gasteiger partial charge in [-0.05, 0) is 25.5 Å². The molecule has 0 aromatic heterocycles. The van der Waals surface area contributed by atoms with E-state index in [9.17, 15) is 9.59 Å². The highest BCUT2D eigenvalue weighted by atomic mass is 32.2. The lowest BCUT2D eigenvalue weighted by atomic mass is 9.87. The fourth-order valence-electron chi connectivity index (χ4n) is 1.79. The number of aldehydes is 1. The minimum absolute atomic E-state index is 0.182. The molecule has 94 valence electrons. The molecule has 0 bridgehead atoms. The largest absolute Gasteiger partial charge is 0.465 e. The zero-order chi connectivity index (χ0) is 12.6. The van der Waals surface area contributed by atoms with Gasteiger partial charge in [0.1, 0.15) is 11.0 Å². The third-order valence-electron chi connectivity index (χ3n) is 3.03. The lowest BCUT2D eigenvalue weighted by molar-refractivity contribution is -0.147.